The first-order chi connectivity index (χ1) is 6.27. The second-order valence-electron chi connectivity index (χ2n) is 2.32. The predicted octanol–water partition coefficient (Wildman–Crippen LogP) is 0.437. The van der Waals surface area contributed by atoms with Gasteiger partial charge in [0, 0.05) is 12.1 Å². The quantitative estimate of drug-likeness (QED) is 0.635. The summed E-state index contributed by atoms with van der Waals surface area (Å²) in [5.41, 5.74) is 6.14. The molecule has 0 spiro atoms. The molecule has 0 bridgehead atoms. The molecule has 0 aliphatic rings. The number of H-pyrrole nitrogens is 1. The van der Waals surface area contributed by atoms with E-state index in [9.17, 15) is 4.79 Å². The van der Waals surface area contributed by atoms with Crippen LogP contribution in [0.1, 0.15) is 12.5 Å². The average Bonchev–Trinajstić information content (AvgIpc) is 2.52. The van der Waals surface area contributed by atoms with Gasteiger partial charge in [0.2, 0.25) is 0 Å². The van der Waals surface area contributed by atoms with E-state index in [0.717, 1.165) is 5.56 Å². The van der Waals surface area contributed by atoms with Crippen molar-refractivity contribution in [3.05, 3.63) is 11.8 Å². The van der Waals surface area contributed by atoms with Gasteiger partial charge >= 0.3 is 6.09 Å². The fraction of sp³-hybridized carbons (Fsp3) is 0.429. The number of amides is 1. The molecule has 1 amide bonds. The number of carbonyl (C=O) groups excluding carboxylic acids is 1. The molecule has 1 rings (SSSR count). The van der Waals surface area contributed by atoms with Crippen molar-refractivity contribution >= 4 is 11.9 Å². The fourth-order valence-electron chi connectivity index (χ4n) is 0.843. The Kier molecular flexibility index (Phi) is 3.27. The Labute approximate surface area is 75.5 Å². The number of carbonyl (C=O) groups is 1. The number of hydrogen-bond acceptors (Lipinski definition) is 4. The van der Waals surface area contributed by atoms with Gasteiger partial charge in [-0.2, -0.15) is 5.10 Å². The number of anilines is 1. The molecule has 0 radical (unpaired) electrons. The molecular formula is C7H12N4O2. The summed E-state index contributed by atoms with van der Waals surface area (Å²) in [5.74, 6) is 0.487. The van der Waals surface area contributed by atoms with E-state index in [0.29, 0.717) is 19.0 Å². The molecule has 0 saturated carbocycles. The molecule has 1 aromatic rings. The summed E-state index contributed by atoms with van der Waals surface area (Å²) >= 11 is 0. The second-order valence-corrected chi connectivity index (χ2v) is 2.32. The van der Waals surface area contributed by atoms with Crippen molar-refractivity contribution in [1.29, 1.82) is 0 Å². The summed E-state index contributed by atoms with van der Waals surface area (Å²) in [5, 5.41) is 8.82. The molecule has 0 aliphatic heterocycles. The van der Waals surface area contributed by atoms with Crippen LogP contribution in [0.15, 0.2) is 6.20 Å². The van der Waals surface area contributed by atoms with Crippen LogP contribution in [0.3, 0.4) is 0 Å². The molecule has 0 aliphatic carbocycles. The van der Waals surface area contributed by atoms with E-state index in [1.165, 1.54) is 0 Å². The van der Waals surface area contributed by atoms with Crippen molar-refractivity contribution in [2.24, 2.45) is 5.73 Å². The molecule has 0 atom stereocenters. The highest BCUT2D eigenvalue weighted by molar-refractivity contribution is 5.84. The smallest absolute Gasteiger partial charge is 0.412 e. The third-order valence-electron chi connectivity index (χ3n) is 1.44. The first-order valence-corrected chi connectivity index (χ1v) is 3.94. The van der Waals surface area contributed by atoms with Crippen LogP contribution in [0.25, 0.3) is 0 Å². The first kappa shape index (κ1) is 9.53. The number of aromatic nitrogens is 2. The zero-order valence-electron chi connectivity index (χ0n) is 7.33. The Bertz CT molecular complexity index is 284. The van der Waals surface area contributed by atoms with Gasteiger partial charge in [-0.05, 0) is 6.92 Å². The van der Waals surface area contributed by atoms with Gasteiger partial charge in [-0.1, -0.05) is 0 Å². The minimum absolute atomic E-state index is 0.318. The van der Waals surface area contributed by atoms with E-state index >= 15 is 0 Å². The molecule has 0 saturated heterocycles. The topological polar surface area (TPSA) is 93.0 Å². The molecule has 4 N–H and O–H groups in total. The standard InChI is InChI=1S/C7H12N4O2/c1-2-13-7(12)10-6-5(3-8)4-9-11-6/h4H,2-3,8H2,1H3,(H2,9,10,11,12). The Morgan fingerprint density at radius 3 is 3.23 bits per heavy atom. The maximum absolute atomic E-state index is 11.0. The number of nitrogens with two attached hydrogens (primary N) is 1. The predicted molar refractivity (Wildman–Crippen MR) is 47.1 cm³/mol. The highest BCUT2D eigenvalue weighted by atomic mass is 16.5. The van der Waals surface area contributed by atoms with Crippen LogP contribution in [-0.2, 0) is 11.3 Å². The zero-order valence-corrected chi connectivity index (χ0v) is 7.33. The maximum Gasteiger partial charge on any atom is 0.412 e. The number of hydrogen-bond donors (Lipinski definition) is 3. The fourth-order valence-corrected chi connectivity index (χ4v) is 0.843. The Morgan fingerprint density at radius 2 is 2.62 bits per heavy atom. The molecule has 6 nitrogen and oxygen atoms in total. The molecule has 1 heterocycles. The van der Waals surface area contributed by atoms with Gasteiger partial charge < -0.3 is 10.5 Å². The van der Waals surface area contributed by atoms with Crippen LogP contribution >= 0.6 is 0 Å². The highest BCUT2D eigenvalue weighted by Gasteiger charge is 2.07. The van der Waals surface area contributed by atoms with Crippen molar-refractivity contribution in [3.8, 4) is 0 Å². The molecule has 1 aromatic heterocycles. The number of ether oxygens (including phenoxy) is 1. The minimum Gasteiger partial charge on any atom is -0.450 e. The molecular weight excluding hydrogens is 172 g/mol. The van der Waals surface area contributed by atoms with E-state index in [2.05, 4.69) is 20.3 Å². The second kappa shape index (κ2) is 4.46. The van der Waals surface area contributed by atoms with Crippen LogP contribution in [-0.4, -0.2) is 22.9 Å². The summed E-state index contributed by atoms with van der Waals surface area (Å²) in [4.78, 5) is 11.0. The number of nitrogens with zero attached hydrogens (tertiary/aromatic N) is 1. The van der Waals surface area contributed by atoms with Gasteiger partial charge in [0.1, 0.15) is 5.82 Å². The summed E-state index contributed by atoms with van der Waals surface area (Å²) in [6.45, 7) is 2.38. The summed E-state index contributed by atoms with van der Waals surface area (Å²) in [6, 6.07) is 0. The molecule has 0 fully saturated rings. The van der Waals surface area contributed by atoms with Gasteiger partial charge in [0.05, 0.1) is 12.8 Å². The third-order valence-corrected chi connectivity index (χ3v) is 1.44. The van der Waals surface area contributed by atoms with E-state index in [1.54, 1.807) is 13.1 Å². The zero-order chi connectivity index (χ0) is 9.68. The average molecular weight is 184 g/mol. The molecule has 72 valence electrons. The summed E-state index contributed by atoms with van der Waals surface area (Å²) < 4.78 is 4.68. The highest BCUT2D eigenvalue weighted by Crippen LogP contribution is 2.09. The summed E-state index contributed by atoms with van der Waals surface area (Å²) in [7, 11) is 0. The lowest BCUT2D eigenvalue weighted by Crippen LogP contribution is -2.15. The van der Waals surface area contributed by atoms with Crippen LogP contribution in [0, 0.1) is 0 Å². The van der Waals surface area contributed by atoms with Crippen molar-refractivity contribution in [1.82, 2.24) is 10.2 Å². The van der Waals surface area contributed by atoms with E-state index in [4.69, 9.17) is 5.73 Å². The van der Waals surface area contributed by atoms with Crippen molar-refractivity contribution < 1.29 is 9.53 Å². The van der Waals surface area contributed by atoms with Gasteiger partial charge in [0.15, 0.2) is 0 Å². The Balaban J connectivity index is 2.57. The lowest BCUT2D eigenvalue weighted by molar-refractivity contribution is 0.168. The van der Waals surface area contributed by atoms with Crippen LogP contribution in [0.2, 0.25) is 0 Å². The van der Waals surface area contributed by atoms with Gasteiger partial charge in [-0.3, -0.25) is 10.4 Å². The molecule has 13 heavy (non-hydrogen) atoms. The normalized spacial score (nSPS) is 9.69. The van der Waals surface area contributed by atoms with Crippen LogP contribution in [0.5, 0.6) is 0 Å². The van der Waals surface area contributed by atoms with Gasteiger partial charge in [-0.25, -0.2) is 4.79 Å². The van der Waals surface area contributed by atoms with Crippen molar-refractivity contribution in [2.45, 2.75) is 13.5 Å². The minimum atomic E-state index is -0.513. The van der Waals surface area contributed by atoms with E-state index in [-0.39, 0.29) is 0 Å². The SMILES string of the molecule is CCOC(=O)Nc1[nH]ncc1CN. The lowest BCUT2D eigenvalue weighted by atomic mass is 10.3. The Morgan fingerprint density at radius 1 is 1.85 bits per heavy atom. The van der Waals surface area contributed by atoms with Crippen molar-refractivity contribution in [3.63, 3.8) is 0 Å². The van der Waals surface area contributed by atoms with Crippen LogP contribution < -0.4 is 11.1 Å². The number of aromatic amines is 1. The number of nitrogens with one attached hydrogen (secondary N) is 2. The van der Waals surface area contributed by atoms with Gasteiger partial charge in [0.25, 0.3) is 0 Å². The largest absolute Gasteiger partial charge is 0.450 e. The van der Waals surface area contributed by atoms with E-state index in [1.807, 2.05) is 0 Å². The van der Waals surface area contributed by atoms with Crippen molar-refractivity contribution in [2.75, 3.05) is 11.9 Å². The molecule has 0 unspecified atom stereocenters. The Hall–Kier alpha value is -1.56. The third kappa shape index (κ3) is 2.45. The van der Waals surface area contributed by atoms with Gasteiger partial charge in [-0.15, -0.1) is 0 Å². The maximum atomic E-state index is 11.0. The molecule has 0 aromatic carbocycles. The number of rotatable bonds is 3. The summed E-state index contributed by atoms with van der Waals surface area (Å²) in [6.07, 6.45) is 1.04. The van der Waals surface area contributed by atoms with Crippen LogP contribution in [0.4, 0.5) is 10.6 Å². The molecule has 6 heteroatoms. The monoisotopic (exact) mass is 184 g/mol. The first-order valence-electron chi connectivity index (χ1n) is 3.94. The lowest BCUT2D eigenvalue weighted by Gasteiger charge is -2.03. The van der Waals surface area contributed by atoms with E-state index < -0.39 is 6.09 Å².